The predicted molar refractivity (Wildman–Crippen MR) is 88.0 cm³/mol. The van der Waals surface area contributed by atoms with Gasteiger partial charge >= 0.3 is 0 Å². The molecule has 1 aliphatic rings. The molecule has 0 aromatic heterocycles. The molecule has 1 aromatic carbocycles. The topological polar surface area (TPSA) is 35.8 Å². The van der Waals surface area contributed by atoms with Gasteiger partial charge in [-0.1, -0.05) is 42.5 Å². The molecule has 21 heavy (non-hydrogen) atoms. The zero-order chi connectivity index (χ0) is 15.5. The van der Waals surface area contributed by atoms with E-state index in [1.807, 2.05) is 37.3 Å². The number of hydrazone groups is 1. The van der Waals surface area contributed by atoms with Crippen LogP contribution in [-0.2, 0) is 6.42 Å². The maximum absolute atomic E-state index is 10.8. The second-order valence-electron chi connectivity index (χ2n) is 5.59. The van der Waals surface area contributed by atoms with Crippen molar-refractivity contribution in [2.45, 2.75) is 26.0 Å². The molecule has 1 heterocycles. The van der Waals surface area contributed by atoms with Gasteiger partial charge in [-0.3, -0.25) is 5.01 Å². The summed E-state index contributed by atoms with van der Waals surface area (Å²) in [5.41, 5.74) is 1.20. The minimum Gasteiger partial charge on any atom is -0.369 e. The number of hydrogen-bond donors (Lipinski definition) is 1. The second kappa shape index (κ2) is 6.27. The molecule has 1 aliphatic heterocycles. The molecule has 0 bridgehead atoms. The van der Waals surface area contributed by atoms with Crippen molar-refractivity contribution in [1.29, 1.82) is 0 Å². The molecular weight excluding hydrogens is 260 g/mol. The quantitative estimate of drug-likeness (QED) is 0.843. The molecule has 1 aromatic rings. The Kier molecular flexibility index (Phi) is 4.63. The van der Waals surface area contributed by atoms with Crippen LogP contribution in [0.1, 0.15) is 19.4 Å². The summed E-state index contributed by atoms with van der Waals surface area (Å²) in [5, 5.41) is 17.2. The molecule has 3 atom stereocenters. The van der Waals surface area contributed by atoms with Gasteiger partial charge in [0.25, 0.3) is 0 Å². The molecule has 0 saturated carbocycles. The van der Waals surface area contributed by atoms with Gasteiger partial charge in [0.2, 0.25) is 0 Å². The SMILES string of the molecule is C=CC1C(Cc2ccccc2)=NN(CC)C(C)(O)C1C=C. The molecule has 0 amide bonds. The van der Waals surface area contributed by atoms with Crippen molar-refractivity contribution >= 4 is 5.71 Å². The summed E-state index contributed by atoms with van der Waals surface area (Å²) >= 11 is 0. The first kappa shape index (κ1) is 15.5. The van der Waals surface area contributed by atoms with Crippen molar-refractivity contribution in [2.24, 2.45) is 16.9 Å². The number of benzene rings is 1. The van der Waals surface area contributed by atoms with Crippen LogP contribution < -0.4 is 0 Å². The van der Waals surface area contributed by atoms with E-state index in [1.165, 1.54) is 5.56 Å². The van der Waals surface area contributed by atoms with Crippen LogP contribution in [0.25, 0.3) is 0 Å². The van der Waals surface area contributed by atoms with Gasteiger partial charge < -0.3 is 5.11 Å². The number of aliphatic hydroxyl groups is 1. The average Bonchev–Trinajstić information content (AvgIpc) is 2.48. The van der Waals surface area contributed by atoms with Gasteiger partial charge in [-0.05, 0) is 19.4 Å². The summed E-state index contributed by atoms with van der Waals surface area (Å²) in [6.45, 7) is 12.3. The van der Waals surface area contributed by atoms with Crippen molar-refractivity contribution in [1.82, 2.24) is 5.01 Å². The Hall–Kier alpha value is -1.87. The fourth-order valence-electron chi connectivity index (χ4n) is 3.04. The van der Waals surface area contributed by atoms with Gasteiger partial charge in [-0.15, -0.1) is 13.2 Å². The van der Waals surface area contributed by atoms with Crippen LogP contribution in [0.2, 0.25) is 0 Å². The summed E-state index contributed by atoms with van der Waals surface area (Å²) in [6, 6.07) is 10.2. The van der Waals surface area contributed by atoms with Crippen LogP contribution in [0.15, 0.2) is 60.7 Å². The van der Waals surface area contributed by atoms with Gasteiger partial charge in [-0.25, -0.2) is 0 Å². The fraction of sp³-hybridized carbons (Fsp3) is 0.389. The van der Waals surface area contributed by atoms with Gasteiger partial charge in [0.1, 0.15) is 0 Å². The number of rotatable bonds is 5. The third-order valence-electron chi connectivity index (χ3n) is 4.21. The second-order valence-corrected chi connectivity index (χ2v) is 5.59. The van der Waals surface area contributed by atoms with E-state index in [9.17, 15) is 5.11 Å². The van der Waals surface area contributed by atoms with Crippen LogP contribution in [0, 0.1) is 11.8 Å². The molecule has 112 valence electrons. The van der Waals surface area contributed by atoms with Crippen molar-refractivity contribution in [3.8, 4) is 0 Å². The number of hydrogen-bond acceptors (Lipinski definition) is 3. The van der Waals surface area contributed by atoms with E-state index in [4.69, 9.17) is 0 Å². The van der Waals surface area contributed by atoms with E-state index in [0.717, 1.165) is 12.1 Å². The molecule has 3 unspecified atom stereocenters. The monoisotopic (exact) mass is 284 g/mol. The number of nitrogens with zero attached hydrogens (tertiary/aromatic N) is 2. The lowest BCUT2D eigenvalue weighted by atomic mass is 9.78. The lowest BCUT2D eigenvalue weighted by molar-refractivity contribution is -0.133. The van der Waals surface area contributed by atoms with Crippen LogP contribution in [0.3, 0.4) is 0 Å². The summed E-state index contributed by atoms with van der Waals surface area (Å²) in [4.78, 5) is 0. The van der Waals surface area contributed by atoms with Crippen molar-refractivity contribution < 1.29 is 5.11 Å². The molecule has 0 fully saturated rings. The summed E-state index contributed by atoms with van der Waals surface area (Å²) in [6.07, 6.45) is 4.44. The Morgan fingerprint density at radius 2 is 1.95 bits per heavy atom. The Balaban J connectivity index is 2.39. The minimum absolute atomic E-state index is 0.000469. The fourth-order valence-corrected chi connectivity index (χ4v) is 3.04. The van der Waals surface area contributed by atoms with Crippen molar-refractivity contribution in [3.63, 3.8) is 0 Å². The first-order valence-electron chi connectivity index (χ1n) is 7.41. The van der Waals surface area contributed by atoms with Crippen molar-refractivity contribution in [2.75, 3.05) is 6.54 Å². The van der Waals surface area contributed by atoms with E-state index < -0.39 is 5.72 Å². The molecule has 0 saturated heterocycles. The van der Waals surface area contributed by atoms with Crippen LogP contribution in [0.5, 0.6) is 0 Å². The van der Waals surface area contributed by atoms with E-state index in [0.29, 0.717) is 6.54 Å². The average molecular weight is 284 g/mol. The third kappa shape index (κ3) is 2.93. The Bertz CT molecular complexity index is 533. The molecule has 0 radical (unpaired) electrons. The maximum Gasteiger partial charge on any atom is 0.157 e. The van der Waals surface area contributed by atoms with Crippen molar-refractivity contribution in [3.05, 3.63) is 61.2 Å². The Labute approximate surface area is 127 Å². The van der Waals surface area contributed by atoms with Crippen LogP contribution in [0.4, 0.5) is 0 Å². The highest BCUT2D eigenvalue weighted by molar-refractivity contribution is 5.91. The Morgan fingerprint density at radius 3 is 2.48 bits per heavy atom. The third-order valence-corrected chi connectivity index (χ3v) is 4.21. The van der Waals surface area contributed by atoms with E-state index in [2.05, 4.69) is 30.4 Å². The first-order valence-corrected chi connectivity index (χ1v) is 7.41. The minimum atomic E-state index is -1.03. The smallest absolute Gasteiger partial charge is 0.157 e. The van der Waals surface area contributed by atoms with Gasteiger partial charge in [0.05, 0.1) is 5.71 Å². The van der Waals surface area contributed by atoms with Gasteiger partial charge in [-0.2, -0.15) is 5.10 Å². The van der Waals surface area contributed by atoms with Gasteiger partial charge in [0, 0.05) is 24.8 Å². The Morgan fingerprint density at radius 1 is 1.29 bits per heavy atom. The molecule has 3 heteroatoms. The number of allylic oxidation sites excluding steroid dienone is 1. The van der Waals surface area contributed by atoms with E-state index in [-0.39, 0.29) is 11.8 Å². The molecule has 0 spiro atoms. The first-order chi connectivity index (χ1) is 10.0. The highest BCUT2D eigenvalue weighted by atomic mass is 16.3. The summed E-state index contributed by atoms with van der Waals surface area (Å²) in [5.74, 6) is -0.119. The highest BCUT2D eigenvalue weighted by Gasteiger charge is 2.44. The zero-order valence-corrected chi connectivity index (χ0v) is 12.9. The largest absolute Gasteiger partial charge is 0.369 e. The van der Waals surface area contributed by atoms with E-state index >= 15 is 0 Å². The summed E-state index contributed by atoms with van der Waals surface area (Å²) in [7, 11) is 0. The lowest BCUT2D eigenvalue weighted by Crippen LogP contribution is -2.55. The normalized spacial score (nSPS) is 28.9. The lowest BCUT2D eigenvalue weighted by Gasteiger charge is -2.46. The molecule has 3 nitrogen and oxygen atoms in total. The van der Waals surface area contributed by atoms with Crippen LogP contribution >= 0.6 is 0 Å². The summed E-state index contributed by atoms with van der Waals surface area (Å²) < 4.78 is 0. The van der Waals surface area contributed by atoms with E-state index in [1.54, 1.807) is 11.9 Å². The predicted octanol–water partition coefficient (Wildman–Crippen LogP) is 3.23. The molecule has 0 aliphatic carbocycles. The molecule has 1 N–H and O–H groups in total. The highest BCUT2D eigenvalue weighted by Crippen LogP contribution is 2.36. The maximum atomic E-state index is 10.8. The standard InChI is InChI=1S/C18H24N2O/c1-5-15-16(6-2)18(4,21)20(7-3)19-17(15)13-14-11-9-8-10-12-14/h5-6,8-12,15-16,21H,1-2,7,13H2,3-4H3. The zero-order valence-electron chi connectivity index (χ0n) is 12.9. The molecule has 2 rings (SSSR count). The van der Waals surface area contributed by atoms with Crippen LogP contribution in [-0.4, -0.2) is 28.1 Å². The molecular formula is C18H24N2O. The van der Waals surface area contributed by atoms with Gasteiger partial charge in [0.15, 0.2) is 5.72 Å².